The second-order valence-electron chi connectivity index (χ2n) is 2.87. The van der Waals surface area contributed by atoms with Crippen LogP contribution in [0.3, 0.4) is 0 Å². The van der Waals surface area contributed by atoms with E-state index in [0.717, 1.165) is 5.39 Å². The van der Waals surface area contributed by atoms with Crippen LogP contribution in [0.1, 0.15) is 10.6 Å². The fraction of sp³-hybridized carbons (Fsp3) is 0.100. The van der Waals surface area contributed by atoms with Crippen molar-refractivity contribution < 1.29 is 13.9 Å². The Morgan fingerprint density at radius 1 is 1.50 bits per heavy atom. The Morgan fingerprint density at radius 3 is 2.93 bits per heavy atom. The van der Waals surface area contributed by atoms with E-state index >= 15 is 0 Å². The average Bonchev–Trinajstić information content (AvgIpc) is 2.62. The van der Waals surface area contributed by atoms with Crippen molar-refractivity contribution in [3.8, 4) is 5.75 Å². The van der Waals surface area contributed by atoms with Crippen molar-refractivity contribution in [1.82, 2.24) is 0 Å². The number of carbonyl (C=O) groups excluding carboxylic acids is 1. The number of fused-ring (bicyclic) bond motifs is 1. The number of nitrogens with two attached hydrogens (primary N) is 1. The van der Waals surface area contributed by atoms with Crippen LogP contribution in [-0.4, -0.2) is 13.4 Å². The molecule has 0 bridgehead atoms. The van der Waals surface area contributed by atoms with Gasteiger partial charge in [0.25, 0.3) is 0 Å². The van der Waals surface area contributed by atoms with Crippen molar-refractivity contribution in [2.45, 2.75) is 0 Å². The standard InChI is InChI=1S/C10H9NO3/c1-13-8-3-2-6-4-7(5-12)14-10(6)9(8)11/h2-5H,11H2,1H3. The molecule has 0 saturated carbocycles. The van der Waals surface area contributed by atoms with Crippen molar-refractivity contribution in [3.05, 3.63) is 24.0 Å². The van der Waals surface area contributed by atoms with E-state index in [-0.39, 0.29) is 5.76 Å². The maximum absolute atomic E-state index is 10.5. The van der Waals surface area contributed by atoms with Gasteiger partial charge in [-0.05, 0) is 18.2 Å². The van der Waals surface area contributed by atoms with Crippen molar-refractivity contribution in [2.75, 3.05) is 12.8 Å². The number of carbonyl (C=O) groups is 1. The predicted octanol–water partition coefficient (Wildman–Crippen LogP) is 1.84. The third kappa shape index (κ3) is 1.12. The lowest BCUT2D eigenvalue weighted by Gasteiger charge is -2.02. The number of methoxy groups -OCH3 is 1. The lowest BCUT2D eigenvalue weighted by molar-refractivity contribution is 0.110. The number of nitrogen functional groups attached to an aromatic ring is 1. The Morgan fingerprint density at radius 2 is 2.29 bits per heavy atom. The third-order valence-electron chi connectivity index (χ3n) is 2.04. The number of benzene rings is 1. The summed E-state index contributed by atoms with van der Waals surface area (Å²) in [5.74, 6) is 0.809. The molecule has 1 aromatic heterocycles. The number of aldehydes is 1. The maximum atomic E-state index is 10.5. The highest BCUT2D eigenvalue weighted by Gasteiger charge is 2.09. The average molecular weight is 191 g/mol. The number of hydrogen-bond donors (Lipinski definition) is 1. The summed E-state index contributed by atoms with van der Waals surface area (Å²) >= 11 is 0. The summed E-state index contributed by atoms with van der Waals surface area (Å²) in [7, 11) is 1.53. The zero-order chi connectivity index (χ0) is 10.1. The van der Waals surface area contributed by atoms with Gasteiger partial charge in [0.15, 0.2) is 17.6 Å². The van der Waals surface area contributed by atoms with Gasteiger partial charge in [-0.2, -0.15) is 0 Å². The minimum atomic E-state index is 0.264. The van der Waals surface area contributed by atoms with E-state index in [9.17, 15) is 4.79 Å². The van der Waals surface area contributed by atoms with E-state index in [1.54, 1.807) is 18.2 Å². The highest BCUT2D eigenvalue weighted by atomic mass is 16.5. The third-order valence-corrected chi connectivity index (χ3v) is 2.04. The molecular weight excluding hydrogens is 182 g/mol. The van der Waals surface area contributed by atoms with Crippen molar-refractivity contribution in [2.24, 2.45) is 0 Å². The molecule has 4 nitrogen and oxygen atoms in total. The molecular formula is C10H9NO3. The van der Waals surface area contributed by atoms with Gasteiger partial charge in [-0.15, -0.1) is 0 Å². The van der Waals surface area contributed by atoms with Crippen molar-refractivity contribution in [1.29, 1.82) is 0 Å². The maximum Gasteiger partial charge on any atom is 0.185 e. The van der Waals surface area contributed by atoms with Crippen LogP contribution in [0.2, 0.25) is 0 Å². The molecule has 0 saturated heterocycles. The van der Waals surface area contributed by atoms with Gasteiger partial charge in [0, 0.05) is 5.39 Å². The number of rotatable bonds is 2. The molecule has 72 valence electrons. The van der Waals surface area contributed by atoms with Crippen LogP contribution in [-0.2, 0) is 0 Å². The molecule has 0 spiro atoms. The number of hydrogen-bond acceptors (Lipinski definition) is 4. The van der Waals surface area contributed by atoms with E-state index < -0.39 is 0 Å². The van der Waals surface area contributed by atoms with Crippen LogP contribution in [0.5, 0.6) is 5.75 Å². The van der Waals surface area contributed by atoms with E-state index in [2.05, 4.69) is 0 Å². The molecule has 2 rings (SSSR count). The van der Waals surface area contributed by atoms with Gasteiger partial charge in [0.05, 0.1) is 7.11 Å². The topological polar surface area (TPSA) is 65.5 Å². The summed E-state index contributed by atoms with van der Waals surface area (Å²) in [5.41, 5.74) is 6.67. The normalized spacial score (nSPS) is 10.4. The molecule has 1 heterocycles. The monoisotopic (exact) mass is 191 g/mol. The minimum Gasteiger partial charge on any atom is -0.494 e. The summed E-state index contributed by atoms with van der Waals surface area (Å²) in [6.45, 7) is 0. The number of furan rings is 1. The Kier molecular flexibility index (Phi) is 1.89. The predicted molar refractivity (Wildman–Crippen MR) is 52.6 cm³/mol. The first-order valence-corrected chi connectivity index (χ1v) is 4.07. The molecule has 0 radical (unpaired) electrons. The van der Waals surface area contributed by atoms with Gasteiger partial charge in [0.1, 0.15) is 11.4 Å². The number of anilines is 1. The lowest BCUT2D eigenvalue weighted by atomic mass is 10.2. The van der Waals surface area contributed by atoms with Gasteiger partial charge >= 0.3 is 0 Å². The molecule has 0 aliphatic rings. The molecule has 2 N–H and O–H groups in total. The molecule has 0 amide bonds. The largest absolute Gasteiger partial charge is 0.494 e. The highest BCUT2D eigenvalue weighted by Crippen LogP contribution is 2.31. The summed E-state index contributed by atoms with van der Waals surface area (Å²) in [5, 5.41) is 0.797. The van der Waals surface area contributed by atoms with Crippen LogP contribution in [0, 0.1) is 0 Å². The van der Waals surface area contributed by atoms with Crippen LogP contribution < -0.4 is 10.5 Å². The summed E-state index contributed by atoms with van der Waals surface area (Å²) in [6, 6.07) is 5.17. The van der Waals surface area contributed by atoms with Crippen molar-refractivity contribution >= 4 is 22.9 Å². The molecule has 0 atom stereocenters. The van der Waals surface area contributed by atoms with Crippen LogP contribution in [0.25, 0.3) is 11.0 Å². The van der Waals surface area contributed by atoms with E-state index in [4.69, 9.17) is 14.9 Å². The smallest absolute Gasteiger partial charge is 0.185 e. The van der Waals surface area contributed by atoms with Crippen LogP contribution in [0.4, 0.5) is 5.69 Å². The Balaban J connectivity index is 2.74. The van der Waals surface area contributed by atoms with Gasteiger partial charge in [0.2, 0.25) is 0 Å². The molecule has 4 heteroatoms. The zero-order valence-electron chi connectivity index (χ0n) is 7.61. The van der Waals surface area contributed by atoms with E-state index in [1.807, 2.05) is 0 Å². The first-order valence-electron chi connectivity index (χ1n) is 4.07. The molecule has 2 aromatic rings. The van der Waals surface area contributed by atoms with Crippen molar-refractivity contribution in [3.63, 3.8) is 0 Å². The fourth-order valence-corrected chi connectivity index (χ4v) is 1.36. The quantitative estimate of drug-likeness (QED) is 0.581. The van der Waals surface area contributed by atoms with Crippen LogP contribution >= 0.6 is 0 Å². The SMILES string of the molecule is COc1ccc2cc(C=O)oc2c1N. The Hall–Kier alpha value is -1.97. The van der Waals surface area contributed by atoms with Gasteiger partial charge in [-0.25, -0.2) is 0 Å². The minimum absolute atomic E-state index is 0.264. The molecule has 0 aliphatic carbocycles. The first-order chi connectivity index (χ1) is 6.76. The first kappa shape index (κ1) is 8.62. The highest BCUT2D eigenvalue weighted by molar-refractivity contribution is 5.94. The molecule has 0 aliphatic heterocycles. The zero-order valence-corrected chi connectivity index (χ0v) is 7.61. The molecule has 0 unspecified atom stereocenters. The summed E-state index contributed by atoms with van der Waals surface area (Å²) in [4.78, 5) is 10.5. The molecule has 0 fully saturated rings. The molecule has 1 aromatic carbocycles. The van der Waals surface area contributed by atoms with Crippen LogP contribution in [0.15, 0.2) is 22.6 Å². The fourth-order valence-electron chi connectivity index (χ4n) is 1.36. The molecule has 14 heavy (non-hydrogen) atoms. The Bertz CT molecular complexity index is 487. The number of ether oxygens (including phenoxy) is 1. The van der Waals surface area contributed by atoms with Gasteiger partial charge in [-0.1, -0.05) is 0 Å². The summed E-state index contributed by atoms with van der Waals surface area (Å²) < 4.78 is 10.2. The van der Waals surface area contributed by atoms with E-state index in [1.165, 1.54) is 7.11 Å². The Labute approximate surface area is 80.3 Å². The lowest BCUT2D eigenvalue weighted by Crippen LogP contribution is -1.91. The second-order valence-corrected chi connectivity index (χ2v) is 2.87. The summed E-state index contributed by atoms with van der Waals surface area (Å²) in [6.07, 6.45) is 0.645. The van der Waals surface area contributed by atoms with Gasteiger partial charge < -0.3 is 14.9 Å². The second kappa shape index (κ2) is 3.06. The van der Waals surface area contributed by atoms with Gasteiger partial charge in [-0.3, -0.25) is 4.79 Å². The van der Waals surface area contributed by atoms with E-state index in [0.29, 0.717) is 23.3 Å².